The summed E-state index contributed by atoms with van der Waals surface area (Å²) in [6.07, 6.45) is 1.18. The third-order valence-electron chi connectivity index (χ3n) is 3.05. The number of carbonyl (C=O) groups is 1. The first-order chi connectivity index (χ1) is 6.52. The fourth-order valence-corrected chi connectivity index (χ4v) is 2.35. The van der Waals surface area contributed by atoms with Crippen molar-refractivity contribution in [1.29, 1.82) is 0 Å². The Balaban J connectivity index is 2.55. The SMILES string of the molecule is CC(C)C[C@@H]1CNCC1C(=O)C(C)C. The Hall–Kier alpha value is -0.370. The Morgan fingerprint density at radius 3 is 2.43 bits per heavy atom. The van der Waals surface area contributed by atoms with Crippen LogP contribution in [0.1, 0.15) is 34.1 Å². The largest absolute Gasteiger partial charge is 0.316 e. The molecule has 0 aromatic heterocycles. The summed E-state index contributed by atoms with van der Waals surface area (Å²) in [6.45, 7) is 10.4. The van der Waals surface area contributed by atoms with Gasteiger partial charge in [-0.15, -0.1) is 0 Å². The van der Waals surface area contributed by atoms with E-state index < -0.39 is 0 Å². The summed E-state index contributed by atoms with van der Waals surface area (Å²) in [5, 5.41) is 3.34. The van der Waals surface area contributed by atoms with Gasteiger partial charge in [0.05, 0.1) is 0 Å². The maximum absolute atomic E-state index is 11.9. The van der Waals surface area contributed by atoms with Gasteiger partial charge in [0.25, 0.3) is 0 Å². The molecule has 2 heteroatoms. The molecule has 1 N–H and O–H groups in total. The predicted octanol–water partition coefficient (Wildman–Crippen LogP) is 2.09. The van der Waals surface area contributed by atoms with Crippen molar-refractivity contribution >= 4 is 5.78 Å². The van der Waals surface area contributed by atoms with Gasteiger partial charge in [-0.05, 0) is 24.8 Å². The minimum atomic E-state index is 0.189. The molecule has 1 aliphatic rings. The molecule has 0 amide bonds. The molecule has 1 unspecified atom stereocenters. The van der Waals surface area contributed by atoms with Crippen molar-refractivity contribution < 1.29 is 4.79 Å². The Labute approximate surface area is 87.5 Å². The number of carbonyl (C=O) groups excluding carboxylic acids is 1. The number of hydrogen-bond acceptors (Lipinski definition) is 2. The van der Waals surface area contributed by atoms with E-state index >= 15 is 0 Å². The van der Waals surface area contributed by atoms with Crippen LogP contribution in [-0.2, 0) is 4.79 Å². The van der Waals surface area contributed by atoms with Crippen LogP contribution < -0.4 is 5.32 Å². The molecule has 0 aromatic carbocycles. The van der Waals surface area contributed by atoms with Crippen LogP contribution in [0, 0.1) is 23.7 Å². The van der Waals surface area contributed by atoms with E-state index in [4.69, 9.17) is 0 Å². The zero-order chi connectivity index (χ0) is 10.7. The molecule has 0 spiro atoms. The second-order valence-electron chi connectivity index (χ2n) is 5.21. The van der Waals surface area contributed by atoms with E-state index in [1.165, 1.54) is 6.42 Å². The lowest BCUT2D eigenvalue weighted by Crippen LogP contribution is -2.27. The molecule has 1 fully saturated rings. The molecule has 1 aliphatic heterocycles. The average Bonchev–Trinajstić information content (AvgIpc) is 2.49. The van der Waals surface area contributed by atoms with Gasteiger partial charge in [-0.2, -0.15) is 0 Å². The van der Waals surface area contributed by atoms with Crippen LogP contribution >= 0.6 is 0 Å². The van der Waals surface area contributed by atoms with E-state index in [9.17, 15) is 4.79 Å². The smallest absolute Gasteiger partial charge is 0.140 e. The third kappa shape index (κ3) is 2.81. The number of nitrogens with one attached hydrogen (secondary N) is 1. The van der Waals surface area contributed by atoms with Gasteiger partial charge in [0.1, 0.15) is 5.78 Å². The van der Waals surface area contributed by atoms with E-state index in [1.807, 2.05) is 13.8 Å². The van der Waals surface area contributed by atoms with Crippen LogP contribution in [0.15, 0.2) is 0 Å². The Kier molecular flexibility index (Phi) is 4.11. The second kappa shape index (κ2) is 4.92. The Morgan fingerprint density at radius 1 is 1.29 bits per heavy atom. The highest BCUT2D eigenvalue weighted by molar-refractivity contribution is 5.83. The first-order valence-corrected chi connectivity index (χ1v) is 5.76. The minimum absolute atomic E-state index is 0.189. The summed E-state index contributed by atoms with van der Waals surface area (Å²) < 4.78 is 0. The third-order valence-corrected chi connectivity index (χ3v) is 3.05. The lowest BCUT2D eigenvalue weighted by atomic mass is 9.82. The Bertz CT molecular complexity index is 198. The minimum Gasteiger partial charge on any atom is -0.316 e. The van der Waals surface area contributed by atoms with E-state index in [0.29, 0.717) is 17.6 Å². The van der Waals surface area contributed by atoms with Crippen molar-refractivity contribution in [3.63, 3.8) is 0 Å². The van der Waals surface area contributed by atoms with Crippen molar-refractivity contribution in [1.82, 2.24) is 5.32 Å². The standard InChI is InChI=1S/C12H23NO/c1-8(2)5-10-6-13-7-11(10)12(14)9(3)4/h8-11,13H,5-7H2,1-4H3/t10-,11?/m1/s1. The summed E-state index contributed by atoms with van der Waals surface area (Å²) in [7, 11) is 0. The monoisotopic (exact) mass is 197 g/mol. The fraction of sp³-hybridized carbons (Fsp3) is 0.917. The lowest BCUT2D eigenvalue weighted by Gasteiger charge is -2.20. The van der Waals surface area contributed by atoms with Gasteiger partial charge in [0.15, 0.2) is 0 Å². The highest BCUT2D eigenvalue weighted by Crippen LogP contribution is 2.26. The highest BCUT2D eigenvalue weighted by atomic mass is 16.1. The quantitative estimate of drug-likeness (QED) is 0.747. The summed E-state index contributed by atoms with van der Waals surface area (Å²) >= 11 is 0. The van der Waals surface area contributed by atoms with E-state index in [2.05, 4.69) is 19.2 Å². The number of rotatable bonds is 4. The molecule has 0 bridgehead atoms. The molecule has 0 aliphatic carbocycles. The van der Waals surface area contributed by atoms with Crippen LogP contribution in [0.4, 0.5) is 0 Å². The molecule has 1 saturated heterocycles. The molecule has 1 heterocycles. The first-order valence-electron chi connectivity index (χ1n) is 5.76. The summed E-state index contributed by atoms with van der Waals surface area (Å²) in [6, 6.07) is 0. The molecule has 0 aromatic rings. The topological polar surface area (TPSA) is 29.1 Å². The summed E-state index contributed by atoms with van der Waals surface area (Å²) in [4.78, 5) is 11.9. The molecular weight excluding hydrogens is 174 g/mol. The van der Waals surface area contributed by atoms with Gasteiger partial charge < -0.3 is 5.32 Å². The van der Waals surface area contributed by atoms with Gasteiger partial charge in [0, 0.05) is 18.4 Å². The van der Waals surface area contributed by atoms with Crippen molar-refractivity contribution in [3.05, 3.63) is 0 Å². The molecule has 82 valence electrons. The number of ketones is 1. The van der Waals surface area contributed by atoms with Crippen LogP contribution in [0.25, 0.3) is 0 Å². The normalized spacial score (nSPS) is 27.6. The van der Waals surface area contributed by atoms with Crippen LogP contribution in [-0.4, -0.2) is 18.9 Å². The molecule has 14 heavy (non-hydrogen) atoms. The molecule has 0 radical (unpaired) electrons. The fourth-order valence-electron chi connectivity index (χ4n) is 2.35. The van der Waals surface area contributed by atoms with Crippen molar-refractivity contribution in [3.8, 4) is 0 Å². The maximum Gasteiger partial charge on any atom is 0.140 e. The molecular formula is C12H23NO. The zero-order valence-electron chi connectivity index (χ0n) is 9.84. The number of hydrogen-bond donors (Lipinski definition) is 1. The van der Waals surface area contributed by atoms with Crippen LogP contribution in [0.2, 0.25) is 0 Å². The Morgan fingerprint density at radius 2 is 1.93 bits per heavy atom. The molecule has 2 nitrogen and oxygen atoms in total. The predicted molar refractivity (Wildman–Crippen MR) is 59.1 cm³/mol. The van der Waals surface area contributed by atoms with Crippen molar-refractivity contribution in [2.24, 2.45) is 23.7 Å². The van der Waals surface area contributed by atoms with Gasteiger partial charge in [-0.25, -0.2) is 0 Å². The van der Waals surface area contributed by atoms with Crippen molar-refractivity contribution in [2.45, 2.75) is 34.1 Å². The zero-order valence-corrected chi connectivity index (χ0v) is 9.84. The number of Topliss-reactive ketones (excluding diaryl/α,β-unsaturated/α-hetero) is 1. The highest BCUT2D eigenvalue weighted by Gasteiger charge is 2.33. The second-order valence-corrected chi connectivity index (χ2v) is 5.21. The molecule has 2 atom stereocenters. The lowest BCUT2D eigenvalue weighted by molar-refractivity contribution is -0.126. The van der Waals surface area contributed by atoms with E-state index in [1.54, 1.807) is 0 Å². The van der Waals surface area contributed by atoms with Gasteiger partial charge in [-0.3, -0.25) is 4.79 Å². The maximum atomic E-state index is 11.9. The van der Waals surface area contributed by atoms with E-state index in [0.717, 1.165) is 13.1 Å². The molecule has 1 rings (SSSR count). The van der Waals surface area contributed by atoms with Gasteiger partial charge >= 0.3 is 0 Å². The average molecular weight is 197 g/mol. The van der Waals surface area contributed by atoms with E-state index in [-0.39, 0.29) is 11.8 Å². The first kappa shape index (κ1) is 11.7. The summed E-state index contributed by atoms with van der Waals surface area (Å²) in [5.41, 5.74) is 0. The van der Waals surface area contributed by atoms with Gasteiger partial charge in [0.2, 0.25) is 0 Å². The van der Waals surface area contributed by atoms with Crippen molar-refractivity contribution in [2.75, 3.05) is 13.1 Å². The summed E-state index contributed by atoms with van der Waals surface area (Å²) in [5.74, 6) is 2.18. The van der Waals surface area contributed by atoms with Crippen LogP contribution in [0.3, 0.4) is 0 Å². The van der Waals surface area contributed by atoms with Crippen LogP contribution in [0.5, 0.6) is 0 Å². The van der Waals surface area contributed by atoms with Gasteiger partial charge in [-0.1, -0.05) is 27.7 Å². The molecule has 0 saturated carbocycles.